The number of benzene rings is 1. The molecule has 0 radical (unpaired) electrons. The lowest BCUT2D eigenvalue weighted by molar-refractivity contribution is 0.452. The first kappa shape index (κ1) is 12.6. The van der Waals surface area contributed by atoms with E-state index in [1.165, 1.54) is 4.31 Å². The molecular weight excluding hydrogens is 234 g/mol. The van der Waals surface area contributed by atoms with E-state index in [2.05, 4.69) is 0 Å². The number of aryl methyl sites for hydroxylation is 2. The molecule has 94 valence electrons. The SMILES string of the molecule is Cc1ccc(C)c(S(=O)(=O)N(C)CC2CC2)c1. The molecule has 1 saturated carbocycles. The maximum absolute atomic E-state index is 12.4. The van der Waals surface area contributed by atoms with E-state index in [4.69, 9.17) is 0 Å². The van der Waals surface area contributed by atoms with Crippen LogP contribution in [0.4, 0.5) is 0 Å². The Labute approximate surface area is 104 Å². The zero-order valence-electron chi connectivity index (χ0n) is 10.6. The molecule has 1 aromatic rings. The minimum absolute atomic E-state index is 0.445. The van der Waals surface area contributed by atoms with Gasteiger partial charge in [0, 0.05) is 13.6 Å². The summed E-state index contributed by atoms with van der Waals surface area (Å²) in [6.45, 7) is 4.41. The lowest BCUT2D eigenvalue weighted by Crippen LogP contribution is -2.29. The van der Waals surface area contributed by atoms with E-state index >= 15 is 0 Å². The number of nitrogens with zero attached hydrogens (tertiary/aromatic N) is 1. The highest BCUT2D eigenvalue weighted by atomic mass is 32.2. The van der Waals surface area contributed by atoms with Crippen molar-refractivity contribution in [3.8, 4) is 0 Å². The molecule has 1 fully saturated rings. The molecule has 0 bridgehead atoms. The summed E-state index contributed by atoms with van der Waals surface area (Å²) in [5.41, 5.74) is 1.80. The van der Waals surface area contributed by atoms with Gasteiger partial charge in [-0.3, -0.25) is 0 Å². The summed E-state index contributed by atoms with van der Waals surface area (Å²) in [5.74, 6) is 0.569. The first-order chi connectivity index (χ1) is 7.91. The third-order valence-corrected chi connectivity index (χ3v) is 5.21. The molecule has 1 aliphatic rings. The van der Waals surface area contributed by atoms with Gasteiger partial charge < -0.3 is 0 Å². The summed E-state index contributed by atoms with van der Waals surface area (Å²) in [4.78, 5) is 0.445. The Kier molecular flexibility index (Phi) is 3.27. The van der Waals surface area contributed by atoms with Crippen LogP contribution in [0.5, 0.6) is 0 Å². The lowest BCUT2D eigenvalue weighted by atomic mass is 10.2. The van der Waals surface area contributed by atoms with Crippen LogP contribution >= 0.6 is 0 Å². The Morgan fingerprint density at radius 2 is 1.94 bits per heavy atom. The maximum atomic E-state index is 12.4. The van der Waals surface area contributed by atoms with Crippen LogP contribution in [0.1, 0.15) is 24.0 Å². The van der Waals surface area contributed by atoms with E-state index in [9.17, 15) is 8.42 Å². The van der Waals surface area contributed by atoms with Gasteiger partial charge >= 0.3 is 0 Å². The molecule has 3 nitrogen and oxygen atoms in total. The van der Waals surface area contributed by atoms with Crippen LogP contribution in [-0.4, -0.2) is 26.3 Å². The maximum Gasteiger partial charge on any atom is 0.243 e. The number of sulfonamides is 1. The van der Waals surface area contributed by atoms with Gasteiger partial charge in [0.25, 0.3) is 0 Å². The summed E-state index contributed by atoms with van der Waals surface area (Å²) in [5, 5.41) is 0. The second-order valence-electron chi connectivity index (χ2n) is 5.00. The van der Waals surface area contributed by atoms with Gasteiger partial charge in [0.1, 0.15) is 0 Å². The van der Waals surface area contributed by atoms with Crippen LogP contribution in [0.15, 0.2) is 23.1 Å². The van der Waals surface area contributed by atoms with Crippen molar-refractivity contribution in [2.24, 2.45) is 5.92 Å². The molecule has 0 amide bonds. The second kappa shape index (κ2) is 4.42. The Morgan fingerprint density at radius 3 is 2.53 bits per heavy atom. The monoisotopic (exact) mass is 253 g/mol. The minimum atomic E-state index is -3.31. The Morgan fingerprint density at radius 1 is 1.29 bits per heavy atom. The standard InChI is InChI=1S/C13H19NO2S/c1-10-4-5-11(2)13(8-10)17(15,16)14(3)9-12-6-7-12/h4-5,8,12H,6-7,9H2,1-3H3. The molecule has 17 heavy (non-hydrogen) atoms. The van der Waals surface area contributed by atoms with E-state index in [0.29, 0.717) is 17.4 Å². The summed E-state index contributed by atoms with van der Waals surface area (Å²) in [6, 6.07) is 5.57. The van der Waals surface area contributed by atoms with Crippen molar-refractivity contribution in [2.75, 3.05) is 13.6 Å². The molecule has 0 aromatic heterocycles. The van der Waals surface area contributed by atoms with Crippen molar-refractivity contribution in [1.29, 1.82) is 0 Å². The van der Waals surface area contributed by atoms with Gasteiger partial charge in [0.15, 0.2) is 0 Å². The average molecular weight is 253 g/mol. The highest BCUT2D eigenvalue weighted by Crippen LogP contribution is 2.31. The van der Waals surface area contributed by atoms with Crippen LogP contribution in [-0.2, 0) is 10.0 Å². The van der Waals surface area contributed by atoms with Crippen molar-refractivity contribution in [1.82, 2.24) is 4.31 Å². The van der Waals surface area contributed by atoms with Crippen molar-refractivity contribution >= 4 is 10.0 Å². The minimum Gasteiger partial charge on any atom is -0.207 e. The molecule has 2 rings (SSSR count). The van der Waals surface area contributed by atoms with Crippen molar-refractivity contribution in [2.45, 2.75) is 31.6 Å². The normalized spacial score (nSPS) is 16.5. The van der Waals surface area contributed by atoms with E-state index in [1.54, 1.807) is 13.1 Å². The quantitative estimate of drug-likeness (QED) is 0.826. The molecule has 0 unspecified atom stereocenters. The lowest BCUT2D eigenvalue weighted by Gasteiger charge is -2.18. The van der Waals surface area contributed by atoms with E-state index in [0.717, 1.165) is 24.0 Å². The fourth-order valence-electron chi connectivity index (χ4n) is 1.92. The topological polar surface area (TPSA) is 37.4 Å². The van der Waals surface area contributed by atoms with E-state index in [1.807, 2.05) is 26.0 Å². The van der Waals surface area contributed by atoms with Gasteiger partial charge in [-0.1, -0.05) is 12.1 Å². The molecule has 1 aromatic carbocycles. The molecular formula is C13H19NO2S. The van der Waals surface area contributed by atoms with E-state index < -0.39 is 10.0 Å². The molecule has 0 aliphatic heterocycles. The zero-order chi connectivity index (χ0) is 12.6. The fourth-order valence-corrected chi connectivity index (χ4v) is 3.47. The highest BCUT2D eigenvalue weighted by Gasteiger charge is 2.29. The van der Waals surface area contributed by atoms with Gasteiger partial charge in [0.05, 0.1) is 4.90 Å². The molecule has 4 heteroatoms. The molecule has 0 saturated heterocycles. The number of hydrogen-bond donors (Lipinski definition) is 0. The molecule has 0 heterocycles. The summed E-state index contributed by atoms with van der Waals surface area (Å²) >= 11 is 0. The van der Waals surface area contributed by atoms with Gasteiger partial charge in [-0.15, -0.1) is 0 Å². The van der Waals surface area contributed by atoms with Crippen LogP contribution in [0.2, 0.25) is 0 Å². The predicted molar refractivity (Wildman–Crippen MR) is 68.5 cm³/mol. The van der Waals surface area contributed by atoms with Gasteiger partial charge in [-0.25, -0.2) is 12.7 Å². The third kappa shape index (κ3) is 2.69. The molecule has 0 spiro atoms. The average Bonchev–Trinajstić information content (AvgIpc) is 3.05. The summed E-state index contributed by atoms with van der Waals surface area (Å²) < 4.78 is 26.3. The second-order valence-corrected chi connectivity index (χ2v) is 7.01. The van der Waals surface area contributed by atoms with Gasteiger partial charge in [0.2, 0.25) is 10.0 Å². The fraction of sp³-hybridized carbons (Fsp3) is 0.538. The predicted octanol–water partition coefficient (Wildman–Crippen LogP) is 2.33. The van der Waals surface area contributed by atoms with Crippen molar-refractivity contribution < 1.29 is 8.42 Å². The molecule has 0 atom stereocenters. The first-order valence-electron chi connectivity index (χ1n) is 5.95. The summed E-state index contributed by atoms with van der Waals surface area (Å²) in [7, 11) is -1.64. The van der Waals surface area contributed by atoms with Crippen LogP contribution in [0.25, 0.3) is 0 Å². The van der Waals surface area contributed by atoms with Crippen LogP contribution in [0, 0.1) is 19.8 Å². The van der Waals surface area contributed by atoms with Gasteiger partial charge in [-0.05, 0) is 49.8 Å². The number of hydrogen-bond acceptors (Lipinski definition) is 2. The third-order valence-electron chi connectivity index (χ3n) is 3.24. The van der Waals surface area contributed by atoms with Crippen molar-refractivity contribution in [3.05, 3.63) is 29.3 Å². The van der Waals surface area contributed by atoms with Crippen LogP contribution in [0.3, 0.4) is 0 Å². The number of rotatable bonds is 4. The largest absolute Gasteiger partial charge is 0.243 e. The Balaban J connectivity index is 2.32. The molecule has 1 aliphatic carbocycles. The van der Waals surface area contributed by atoms with Crippen LogP contribution < -0.4 is 0 Å². The highest BCUT2D eigenvalue weighted by molar-refractivity contribution is 7.89. The summed E-state index contributed by atoms with van der Waals surface area (Å²) in [6.07, 6.45) is 2.32. The van der Waals surface area contributed by atoms with Gasteiger partial charge in [-0.2, -0.15) is 0 Å². The zero-order valence-corrected chi connectivity index (χ0v) is 11.4. The Hall–Kier alpha value is -0.870. The van der Waals surface area contributed by atoms with E-state index in [-0.39, 0.29) is 0 Å². The first-order valence-corrected chi connectivity index (χ1v) is 7.39. The Bertz CT molecular complexity index is 518. The smallest absolute Gasteiger partial charge is 0.207 e. The molecule has 0 N–H and O–H groups in total. The van der Waals surface area contributed by atoms with Crippen molar-refractivity contribution in [3.63, 3.8) is 0 Å².